The van der Waals surface area contributed by atoms with Crippen molar-refractivity contribution in [3.05, 3.63) is 80.8 Å². The smallest absolute Gasteiger partial charge is 0.284 e. The van der Waals surface area contributed by atoms with Gasteiger partial charge in [-0.3, -0.25) is 14.9 Å². The van der Waals surface area contributed by atoms with Gasteiger partial charge in [0.05, 0.1) is 9.82 Å². The van der Waals surface area contributed by atoms with E-state index in [2.05, 4.69) is 4.98 Å². The van der Waals surface area contributed by atoms with E-state index >= 15 is 0 Å². The minimum absolute atomic E-state index is 0.0761. The standard InChI is InChI=1S/C21H21N3O3S2/c1-3-23(12-11-16-7-5-4-6-8-16)20(25)17-9-10-19(18(13-17)24(26)27)29-21-22-15(2)14-28-21/h4-10,13-14H,3,11-12H2,1-2H3. The second kappa shape index (κ2) is 9.67. The highest BCUT2D eigenvalue weighted by molar-refractivity contribution is 8.01. The van der Waals surface area contributed by atoms with Gasteiger partial charge in [-0.1, -0.05) is 42.1 Å². The van der Waals surface area contributed by atoms with Crippen LogP contribution in [-0.2, 0) is 6.42 Å². The summed E-state index contributed by atoms with van der Waals surface area (Å²) >= 11 is 2.69. The number of carbonyl (C=O) groups excluding carboxylic acids is 1. The Morgan fingerprint density at radius 2 is 2.00 bits per heavy atom. The number of carbonyl (C=O) groups is 1. The van der Waals surface area contributed by atoms with Crippen molar-refractivity contribution in [3.63, 3.8) is 0 Å². The van der Waals surface area contributed by atoms with Crippen LogP contribution in [0.4, 0.5) is 5.69 Å². The molecule has 0 saturated carbocycles. The summed E-state index contributed by atoms with van der Waals surface area (Å²) < 4.78 is 0.739. The normalized spacial score (nSPS) is 10.7. The molecule has 1 aromatic heterocycles. The molecule has 0 aliphatic rings. The van der Waals surface area contributed by atoms with E-state index in [-0.39, 0.29) is 11.6 Å². The largest absolute Gasteiger partial charge is 0.339 e. The molecule has 1 amide bonds. The molecule has 2 aromatic carbocycles. The van der Waals surface area contributed by atoms with Crippen molar-refractivity contribution in [3.8, 4) is 0 Å². The molecule has 0 unspecified atom stereocenters. The fraction of sp³-hybridized carbons (Fsp3) is 0.238. The van der Waals surface area contributed by atoms with Crippen molar-refractivity contribution < 1.29 is 9.72 Å². The first-order valence-electron chi connectivity index (χ1n) is 9.19. The van der Waals surface area contributed by atoms with Crippen LogP contribution in [0.25, 0.3) is 0 Å². The number of thiazole rings is 1. The number of aryl methyl sites for hydroxylation is 1. The second-order valence-corrected chi connectivity index (χ2v) is 8.56. The number of rotatable bonds is 8. The predicted octanol–water partition coefficient (Wildman–Crippen LogP) is 5.22. The molecule has 0 saturated heterocycles. The molecule has 1 heterocycles. The van der Waals surface area contributed by atoms with Gasteiger partial charge in [0.1, 0.15) is 0 Å². The van der Waals surface area contributed by atoms with E-state index in [0.29, 0.717) is 23.5 Å². The molecule has 29 heavy (non-hydrogen) atoms. The number of nitro groups is 1. The quantitative estimate of drug-likeness (QED) is 0.364. The summed E-state index contributed by atoms with van der Waals surface area (Å²) in [5.74, 6) is -0.201. The SMILES string of the molecule is CCN(CCc1ccccc1)C(=O)c1ccc(Sc2nc(C)cs2)c([N+](=O)[O-])c1. The average Bonchev–Trinajstić information content (AvgIpc) is 3.13. The van der Waals surface area contributed by atoms with E-state index in [1.54, 1.807) is 17.0 Å². The van der Waals surface area contributed by atoms with E-state index in [4.69, 9.17) is 0 Å². The molecule has 3 aromatic rings. The number of hydrogen-bond acceptors (Lipinski definition) is 6. The zero-order valence-electron chi connectivity index (χ0n) is 16.2. The highest BCUT2D eigenvalue weighted by atomic mass is 32.2. The summed E-state index contributed by atoms with van der Waals surface area (Å²) in [5.41, 5.74) is 2.28. The molecular weight excluding hydrogens is 406 g/mol. The fourth-order valence-corrected chi connectivity index (χ4v) is 4.73. The van der Waals surface area contributed by atoms with E-state index in [0.717, 1.165) is 22.0 Å². The molecule has 0 fully saturated rings. The van der Waals surface area contributed by atoms with Crippen LogP contribution in [0.15, 0.2) is 63.1 Å². The zero-order chi connectivity index (χ0) is 20.8. The van der Waals surface area contributed by atoms with Crippen molar-refractivity contribution in [2.75, 3.05) is 13.1 Å². The number of nitrogens with zero attached hydrogens (tertiary/aromatic N) is 3. The van der Waals surface area contributed by atoms with Gasteiger partial charge < -0.3 is 4.90 Å². The monoisotopic (exact) mass is 427 g/mol. The summed E-state index contributed by atoms with van der Waals surface area (Å²) in [7, 11) is 0. The van der Waals surface area contributed by atoms with E-state index in [1.165, 1.54) is 29.2 Å². The lowest BCUT2D eigenvalue weighted by Crippen LogP contribution is -2.32. The van der Waals surface area contributed by atoms with E-state index in [9.17, 15) is 14.9 Å². The Morgan fingerprint density at radius 3 is 2.62 bits per heavy atom. The van der Waals surface area contributed by atoms with Crippen molar-refractivity contribution in [1.82, 2.24) is 9.88 Å². The average molecular weight is 428 g/mol. The van der Waals surface area contributed by atoms with Crippen LogP contribution in [-0.4, -0.2) is 33.8 Å². The molecule has 3 rings (SSSR count). The molecule has 0 spiro atoms. The fourth-order valence-electron chi connectivity index (χ4n) is 2.85. The van der Waals surface area contributed by atoms with E-state index < -0.39 is 4.92 Å². The van der Waals surface area contributed by atoms with Crippen LogP contribution >= 0.6 is 23.1 Å². The Labute approximate surface area is 177 Å². The molecule has 150 valence electrons. The lowest BCUT2D eigenvalue weighted by molar-refractivity contribution is -0.387. The Morgan fingerprint density at radius 1 is 1.24 bits per heavy atom. The molecule has 8 heteroatoms. The first-order valence-corrected chi connectivity index (χ1v) is 10.9. The summed E-state index contributed by atoms with van der Waals surface area (Å²) in [5, 5.41) is 13.5. The van der Waals surface area contributed by atoms with Crippen LogP contribution in [0.1, 0.15) is 28.5 Å². The molecule has 0 atom stereocenters. The zero-order valence-corrected chi connectivity index (χ0v) is 17.8. The van der Waals surface area contributed by atoms with Crippen molar-refractivity contribution in [2.24, 2.45) is 0 Å². The third-order valence-corrected chi connectivity index (χ3v) is 6.50. The number of nitro benzene ring substituents is 1. The summed E-state index contributed by atoms with van der Waals surface area (Å²) in [4.78, 5) is 30.6. The minimum atomic E-state index is -0.445. The molecule has 0 bridgehead atoms. The van der Waals surface area contributed by atoms with Crippen LogP contribution in [0.5, 0.6) is 0 Å². The number of aromatic nitrogens is 1. The second-order valence-electron chi connectivity index (χ2n) is 6.42. The Balaban J connectivity index is 1.78. The number of hydrogen-bond donors (Lipinski definition) is 0. The molecule has 0 aliphatic carbocycles. The highest BCUT2D eigenvalue weighted by Crippen LogP contribution is 2.37. The van der Waals surface area contributed by atoms with Gasteiger partial charge in [-0.25, -0.2) is 4.98 Å². The topological polar surface area (TPSA) is 76.3 Å². The van der Waals surface area contributed by atoms with Gasteiger partial charge in [-0.15, -0.1) is 11.3 Å². The number of benzene rings is 2. The van der Waals surface area contributed by atoms with Gasteiger partial charge in [-0.2, -0.15) is 0 Å². The Hall–Kier alpha value is -2.71. The van der Waals surface area contributed by atoms with E-state index in [1.807, 2.05) is 49.6 Å². The maximum absolute atomic E-state index is 12.9. The minimum Gasteiger partial charge on any atom is -0.339 e. The van der Waals surface area contributed by atoms with Crippen LogP contribution in [0, 0.1) is 17.0 Å². The van der Waals surface area contributed by atoms with Gasteiger partial charge >= 0.3 is 0 Å². The van der Waals surface area contributed by atoms with Crippen LogP contribution < -0.4 is 0 Å². The maximum atomic E-state index is 12.9. The van der Waals surface area contributed by atoms with Crippen molar-refractivity contribution >= 4 is 34.7 Å². The van der Waals surface area contributed by atoms with Gasteiger partial charge in [0, 0.05) is 35.8 Å². The molecular formula is C21H21N3O3S2. The summed E-state index contributed by atoms with van der Waals surface area (Å²) in [6.45, 7) is 4.88. The Kier molecular flexibility index (Phi) is 7.00. The molecule has 0 aliphatic heterocycles. The van der Waals surface area contributed by atoms with Crippen LogP contribution in [0.3, 0.4) is 0 Å². The van der Waals surface area contributed by atoms with Crippen LogP contribution in [0.2, 0.25) is 0 Å². The molecule has 0 N–H and O–H groups in total. The third kappa shape index (κ3) is 5.42. The number of amides is 1. The summed E-state index contributed by atoms with van der Waals surface area (Å²) in [6, 6.07) is 14.6. The lowest BCUT2D eigenvalue weighted by Gasteiger charge is -2.21. The molecule has 0 radical (unpaired) electrons. The van der Waals surface area contributed by atoms with Gasteiger partial charge in [-0.05, 0) is 38.0 Å². The predicted molar refractivity (Wildman–Crippen MR) is 116 cm³/mol. The first-order chi connectivity index (χ1) is 14.0. The van der Waals surface area contributed by atoms with Gasteiger partial charge in [0.25, 0.3) is 11.6 Å². The van der Waals surface area contributed by atoms with Crippen molar-refractivity contribution in [1.29, 1.82) is 0 Å². The Bertz CT molecular complexity index is 1010. The molecule has 6 nitrogen and oxygen atoms in total. The highest BCUT2D eigenvalue weighted by Gasteiger charge is 2.22. The maximum Gasteiger partial charge on any atom is 0.284 e. The van der Waals surface area contributed by atoms with Gasteiger partial charge in [0.15, 0.2) is 4.34 Å². The number of likely N-dealkylation sites (N-methyl/N-ethyl adjacent to an activating group) is 1. The lowest BCUT2D eigenvalue weighted by atomic mass is 10.1. The first kappa shape index (κ1) is 21.0. The van der Waals surface area contributed by atoms with Gasteiger partial charge in [0.2, 0.25) is 0 Å². The third-order valence-electron chi connectivity index (χ3n) is 4.38. The van der Waals surface area contributed by atoms with Crippen molar-refractivity contribution in [2.45, 2.75) is 29.5 Å². The summed E-state index contributed by atoms with van der Waals surface area (Å²) in [6.07, 6.45) is 0.736.